The van der Waals surface area contributed by atoms with Crippen molar-refractivity contribution in [1.29, 1.82) is 0 Å². The first-order valence-electron chi connectivity index (χ1n) is 19.4. The Kier molecular flexibility index (Phi) is 8.04. The molecular weight excluding hydrogens is 709 g/mol. The van der Waals surface area contributed by atoms with Gasteiger partial charge in [0.25, 0.3) is 0 Å². The number of fused-ring (bicyclic) bond motifs is 6. The molecule has 11 rings (SSSR count). The highest BCUT2D eigenvalue weighted by atomic mass is 32.1. The highest BCUT2D eigenvalue weighted by molar-refractivity contribution is 7.26. The van der Waals surface area contributed by atoms with Crippen molar-refractivity contribution in [3.63, 3.8) is 0 Å². The van der Waals surface area contributed by atoms with Gasteiger partial charge in [-0.15, -0.1) is 11.3 Å². The van der Waals surface area contributed by atoms with E-state index >= 15 is 0 Å². The van der Waals surface area contributed by atoms with Gasteiger partial charge in [0.05, 0.1) is 27.1 Å². The summed E-state index contributed by atoms with van der Waals surface area (Å²) in [6.07, 6.45) is 0. The minimum absolute atomic E-state index is 1.10. The van der Waals surface area contributed by atoms with Crippen molar-refractivity contribution < 1.29 is 0 Å². The van der Waals surface area contributed by atoms with Crippen molar-refractivity contribution in [2.24, 2.45) is 0 Å². The second kappa shape index (κ2) is 13.8. The molecule has 0 aliphatic carbocycles. The van der Waals surface area contributed by atoms with Crippen LogP contribution < -0.4 is 4.90 Å². The molecule has 0 unspecified atom stereocenters. The van der Waals surface area contributed by atoms with Crippen LogP contribution in [-0.4, -0.2) is 4.57 Å². The summed E-state index contributed by atoms with van der Waals surface area (Å²) in [7, 11) is 0. The zero-order valence-electron chi connectivity index (χ0n) is 31.1. The second-order valence-electron chi connectivity index (χ2n) is 14.5. The first-order valence-corrected chi connectivity index (χ1v) is 20.3. The van der Waals surface area contributed by atoms with Gasteiger partial charge in [0.2, 0.25) is 0 Å². The van der Waals surface area contributed by atoms with Crippen LogP contribution in [0, 0.1) is 0 Å². The fourth-order valence-electron chi connectivity index (χ4n) is 8.62. The number of rotatable bonds is 7. The van der Waals surface area contributed by atoms with Gasteiger partial charge in [-0.25, -0.2) is 0 Å². The summed E-state index contributed by atoms with van der Waals surface area (Å²) in [6, 6.07) is 79.3. The topological polar surface area (TPSA) is 8.17 Å². The summed E-state index contributed by atoms with van der Waals surface area (Å²) >= 11 is 1.87. The van der Waals surface area contributed by atoms with Gasteiger partial charge < -0.3 is 9.47 Å². The van der Waals surface area contributed by atoms with Crippen LogP contribution in [0.15, 0.2) is 218 Å². The third-order valence-corrected chi connectivity index (χ3v) is 12.4. The van der Waals surface area contributed by atoms with Crippen LogP contribution in [-0.2, 0) is 0 Å². The molecule has 9 aromatic carbocycles. The molecule has 11 aromatic rings. The van der Waals surface area contributed by atoms with Crippen molar-refractivity contribution in [3.05, 3.63) is 218 Å². The van der Waals surface area contributed by atoms with E-state index in [1.807, 2.05) is 11.3 Å². The Bertz CT molecular complexity index is 3230. The highest BCUT2D eigenvalue weighted by Gasteiger charge is 2.23. The summed E-state index contributed by atoms with van der Waals surface area (Å²) in [5.41, 5.74) is 14.1. The van der Waals surface area contributed by atoms with Crippen molar-refractivity contribution in [3.8, 4) is 39.1 Å². The molecule has 0 amide bonds. The van der Waals surface area contributed by atoms with Crippen LogP contribution in [0.1, 0.15) is 0 Å². The average Bonchev–Trinajstić information content (AvgIpc) is 3.83. The number of hydrogen-bond acceptors (Lipinski definition) is 2. The minimum Gasteiger partial charge on any atom is -0.309 e. The summed E-state index contributed by atoms with van der Waals surface area (Å²) in [5, 5.41) is 5.03. The van der Waals surface area contributed by atoms with Crippen LogP contribution in [0.4, 0.5) is 17.1 Å². The number of benzene rings is 9. The van der Waals surface area contributed by atoms with E-state index in [1.165, 1.54) is 75.5 Å². The van der Waals surface area contributed by atoms with Gasteiger partial charge in [-0.1, -0.05) is 170 Å². The van der Waals surface area contributed by atoms with Gasteiger partial charge >= 0.3 is 0 Å². The molecule has 0 atom stereocenters. The molecule has 3 heteroatoms. The molecule has 2 heterocycles. The van der Waals surface area contributed by atoms with E-state index in [0.717, 1.165) is 22.6 Å². The van der Waals surface area contributed by atoms with E-state index in [1.54, 1.807) is 0 Å². The molecular formula is C54H36N2S. The van der Waals surface area contributed by atoms with E-state index in [2.05, 4.69) is 228 Å². The van der Waals surface area contributed by atoms with Gasteiger partial charge in [0.15, 0.2) is 0 Å². The second-order valence-corrected chi connectivity index (χ2v) is 15.5. The van der Waals surface area contributed by atoms with Crippen molar-refractivity contribution in [2.75, 3.05) is 4.90 Å². The van der Waals surface area contributed by atoms with E-state index in [0.29, 0.717) is 0 Å². The van der Waals surface area contributed by atoms with Crippen LogP contribution in [0.25, 0.3) is 81.0 Å². The molecule has 2 aromatic heterocycles. The Labute approximate surface area is 335 Å². The quantitative estimate of drug-likeness (QED) is 0.158. The van der Waals surface area contributed by atoms with E-state index in [-0.39, 0.29) is 0 Å². The maximum absolute atomic E-state index is 2.48. The summed E-state index contributed by atoms with van der Waals surface area (Å²) in [5.74, 6) is 0. The van der Waals surface area contributed by atoms with Crippen molar-refractivity contribution in [1.82, 2.24) is 4.57 Å². The monoisotopic (exact) mass is 744 g/mol. The molecule has 0 fully saturated rings. The van der Waals surface area contributed by atoms with E-state index < -0.39 is 0 Å². The number of thiophene rings is 1. The third-order valence-electron chi connectivity index (χ3n) is 11.2. The minimum atomic E-state index is 1.10. The molecule has 0 N–H and O–H groups in total. The molecule has 2 nitrogen and oxygen atoms in total. The first-order chi connectivity index (χ1) is 28.3. The van der Waals surface area contributed by atoms with Crippen molar-refractivity contribution in [2.45, 2.75) is 0 Å². The zero-order valence-corrected chi connectivity index (χ0v) is 31.9. The van der Waals surface area contributed by atoms with Crippen LogP contribution in [0.3, 0.4) is 0 Å². The van der Waals surface area contributed by atoms with Crippen molar-refractivity contribution >= 4 is 70.4 Å². The molecule has 0 spiro atoms. The molecule has 0 bridgehead atoms. The van der Waals surface area contributed by atoms with Gasteiger partial charge in [-0.2, -0.15) is 0 Å². The van der Waals surface area contributed by atoms with Crippen LogP contribution in [0.5, 0.6) is 0 Å². The predicted octanol–water partition coefficient (Wildman–Crippen LogP) is 15.6. The number of para-hydroxylation sites is 2. The maximum atomic E-state index is 2.48. The molecule has 268 valence electrons. The third kappa shape index (κ3) is 5.63. The molecule has 0 radical (unpaired) electrons. The summed E-state index contributed by atoms with van der Waals surface area (Å²) < 4.78 is 5.00. The Morgan fingerprint density at radius 1 is 0.351 bits per heavy atom. The van der Waals surface area contributed by atoms with Crippen LogP contribution >= 0.6 is 11.3 Å². The molecule has 0 saturated heterocycles. The lowest BCUT2D eigenvalue weighted by atomic mass is 9.94. The number of aromatic nitrogens is 1. The average molecular weight is 745 g/mol. The number of anilines is 3. The molecule has 0 aliphatic heterocycles. The number of nitrogens with zero attached hydrogens (tertiary/aromatic N) is 2. The largest absolute Gasteiger partial charge is 0.309 e. The Balaban J connectivity index is 1.13. The Hall–Kier alpha value is -7.20. The smallest absolute Gasteiger partial charge is 0.0640 e. The van der Waals surface area contributed by atoms with Gasteiger partial charge in [-0.05, 0) is 76.3 Å². The van der Waals surface area contributed by atoms with Gasteiger partial charge in [-0.3, -0.25) is 0 Å². The fraction of sp³-hybridized carbons (Fsp3) is 0. The predicted molar refractivity (Wildman–Crippen MR) is 245 cm³/mol. The zero-order chi connectivity index (χ0) is 37.7. The maximum Gasteiger partial charge on any atom is 0.0640 e. The summed E-state index contributed by atoms with van der Waals surface area (Å²) in [6.45, 7) is 0. The molecule has 57 heavy (non-hydrogen) atoms. The summed E-state index contributed by atoms with van der Waals surface area (Å²) in [4.78, 5) is 2.48. The Morgan fingerprint density at radius 3 is 1.65 bits per heavy atom. The lowest BCUT2D eigenvalue weighted by Gasteiger charge is -2.28. The van der Waals surface area contributed by atoms with Gasteiger partial charge in [0.1, 0.15) is 0 Å². The van der Waals surface area contributed by atoms with E-state index in [4.69, 9.17) is 0 Å². The Morgan fingerprint density at radius 2 is 0.895 bits per heavy atom. The van der Waals surface area contributed by atoms with E-state index in [9.17, 15) is 0 Å². The molecule has 0 aliphatic rings. The van der Waals surface area contributed by atoms with Crippen LogP contribution in [0.2, 0.25) is 0 Å². The first kappa shape index (κ1) is 33.2. The highest BCUT2D eigenvalue weighted by Crippen LogP contribution is 2.48. The lowest BCUT2D eigenvalue weighted by Crippen LogP contribution is -2.11. The fourth-order valence-corrected chi connectivity index (χ4v) is 9.82. The lowest BCUT2D eigenvalue weighted by molar-refractivity contribution is 1.18. The number of hydrogen-bond donors (Lipinski definition) is 0. The SMILES string of the molecule is c1ccc(-c2ccccc2-c2ccc(-n3c4ccccc4c4ccc(N(c5ccccc5-c5ccccc5)c5cccc6c5sc5ccccc56)cc43)cc2)cc1. The molecule has 0 saturated carbocycles. The van der Waals surface area contributed by atoms with Gasteiger partial charge in [0, 0.05) is 43.2 Å². The standard InChI is InChI=1S/C54H36N2S/c1-3-16-37(17-4-1)42-20-7-8-21-43(42)39-30-32-40(33-31-39)55-50-27-13-10-23-45(50)46-35-34-41(36-52(46)55)56(49-26-12-9-22-44(49)38-18-5-2-6-19-38)51-28-15-25-48-47-24-11-14-29-53(47)57-54(48)51/h1-36H. The normalized spacial score (nSPS) is 11.5.